The minimum atomic E-state index is -2.94. The van der Waals surface area contributed by atoms with Crippen molar-refractivity contribution in [1.82, 2.24) is 0 Å². The summed E-state index contributed by atoms with van der Waals surface area (Å²) in [5.74, 6) is 0.479. The number of carbonyl (C=O) groups is 1. The van der Waals surface area contributed by atoms with Gasteiger partial charge in [-0.1, -0.05) is 25.7 Å². The minimum Gasteiger partial charge on any atom is -0.436 e. The maximum atomic E-state index is 12.8. The van der Waals surface area contributed by atoms with Crippen LogP contribution in [0.4, 0.5) is 0 Å². The molecule has 2 fully saturated rings. The van der Waals surface area contributed by atoms with Gasteiger partial charge in [-0.3, -0.25) is 4.79 Å². The topological polar surface area (TPSA) is 70.8 Å². The molecule has 7 heteroatoms. The van der Waals surface area contributed by atoms with Crippen molar-refractivity contribution in [1.29, 1.82) is 0 Å². The number of hydrogen-bond acceptors (Lipinski definition) is 6. The molecule has 23 heavy (non-hydrogen) atoms. The van der Waals surface area contributed by atoms with Gasteiger partial charge < -0.3 is 19.3 Å². The first kappa shape index (κ1) is 19.2. The van der Waals surface area contributed by atoms with E-state index in [4.69, 9.17) is 19.3 Å². The summed E-state index contributed by atoms with van der Waals surface area (Å²) in [6.07, 6.45) is 8.93. The van der Waals surface area contributed by atoms with Crippen molar-refractivity contribution < 1.29 is 18.4 Å². The maximum Gasteiger partial charge on any atom is 0.376 e. The van der Waals surface area contributed by atoms with Crippen molar-refractivity contribution in [2.75, 3.05) is 18.6 Å². The molecule has 0 amide bonds. The molecule has 5 nitrogen and oxygen atoms in total. The lowest BCUT2D eigenvalue weighted by Gasteiger charge is -2.51. The highest BCUT2D eigenvalue weighted by Crippen LogP contribution is 2.46. The molecule has 2 N–H and O–H groups in total. The van der Waals surface area contributed by atoms with Crippen molar-refractivity contribution in [3.63, 3.8) is 0 Å². The number of nitrogens with two attached hydrogens (primary N) is 1. The van der Waals surface area contributed by atoms with Crippen LogP contribution in [0.25, 0.3) is 0 Å². The van der Waals surface area contributed by atoms with Crippen LogP contribution in [0.3, 0.4) is 0 Å². The Balaban J connectivity index is 2.41. The molecule has 2 aliphatic rings. The molecular weight excluding hydrogens is 330 g/mol. The van der Waals surface area contributed by atoms with E-state index in [0.29, 0.717) is 13.0 Å². The van der Waals surface area contributed by atoms with Crippen LogP contribution >= 0.6 is 11.8 Å². The van der Waals surface area contributed by atoms with E-state index >= 15 is 0 Å². The van der Waals surface area contributed by atoms with E-state index in [1.54, 1.807) is 18.7 Å². The fourth-order valence-corrected chi connectivity index (χ4v) is 9.28. The van der Waals surface area contributed by atoms with E-state index in [1.807, 2.05) is 13.2 Å². The lowest BCUT2D eigenvalue weighted by atomic mass is 10.2. The second-order valence-corrected chi connectivity index (χ2v) is 11.1. The molecule has 2 rings (SSSR count). The molecule has 1 saturated heterocycles. The Morgan fingerprint density at radius 3 is 2.57 bits per heavy atom. The van der Waals surface area contributed by atoms with E-state index in [0.717, 1.165) is 31.4 Å². The van der Waals surface area contributed by atoms with Crippen LogP contribution < -0.4 is 5.73 Å². The first-order chi connectivity index (χ1) is 11.0. The van der Waals surface area contributed by atoms with E-state index in [-0.39, 0.29) is 11.5 Å². The first-order valence-electron chi connectivity index (χ1n) is 8.81. The van der Waals surface area contributed by atoms with Gasteiger partial charge in [-0.2, -0.15) is 11.8 Å². The van der Waals surface area contributed by atoms with Crippen molar-refractivity contribution in [2.45, 2.75) is 75.8 Å². The summed E-state index contributed by atoms with van der Waals surface area (Å²) in [6.45, 7) is 4.28. The smallest absolute Gasteiger partial charge is 0.376 e. The quantitative estimate of drug-likeness (QED) is 0.445. The molecule has 1 aliphatic carbocycles. The van der Waals surface area contributed by atoms with Gasteiger partial charge in [0.25, 0.3) is 0 Å². The molecule has 3 unspecified atom stereocenters. The third-order valence-corrected chi connectivity index (χ3v) is 10.4. The summed E-state index contributed by atoms with van der Waals surface area (Å²) in [4.78, 5) is 12.8. The van der Waals surface area contributed by atoms with Crippen LogP contribution in [0.15, 0.2) is 0 Å². The van der Waals surface area contributed by atoms with Crippen LogP contribution in [0, 0.1) is 0 Å². The first-order valence-corrected chi connectivity index (χ1v) is 12.1. The number of cyclic esters (lactones) is 1. The molecule has 0 spiro atoms. The number of esters is 1. The fourth-order valence-electron chi connectivity index (χ4n) is 3.93. The van der Waals surface area contributed by atoms with Crippen LogP contribution in [-0.4, -0.2) is 44.6 Å². The SMILES string of the molecule is CCO[Si]1(C2CCCCCC2)OC(C)OC(=O)C1(N)CCSC. The predicted octanol–water partition coefficient (Wildman–Crippen LogP) is 3.10. The molecule has 134 valence electrons. The van der Waals surface area contributed by atoms with Gasteiger partial charge in [0.05, 0.1) is 0 Å². The fraction of sp³-hybridized carbons (Fsp3) is 0.938. The maximum absolute atomic E-state index is 12.8. The molecule has 1 saturated carbocycles. The van der Waals surface area contributed by atoms with Crippen LogP contribution in [-0.2, 0) is 18.4 Å². The minimum absolute atomic E-state index is 0.270. The summed E-state index contributed by atoms with van der Waals surface area (Å²) in [5, 5.41) is -1.10. The molecule has 3 atom stereocenters. The van der Waals surface area contributed by atoms with Crippen molar-refractivity contribution >= 4 is 26.3 Å². The monoisotopic (exact) mass is 361 g/mol. The van der Waals surface area contributed by atoms with Gasteiger partial charge in [0, 0.05) is 12.1 Å². The third kappa shape index (κ3) is 3.79. The normalized spacial score (nSPS) is 36.5. The third-order valence-electron chi connectivity index (χ3n) is 5.05. The van der Waals surface area contributed by atoms with Gasteiger partial charge in [-0.25, -0.2) is 0 Å². The van der Waals surface area contributed by atoms with E-state index in [9.17, 15) is 4.79 Å². The van der Waals surface area contributed by atoms with Crippen molar-refractivity contribution in [2.24, 2.45) is 5.73 Å². The zero-order valence-corrected chi connectivity index (χ0v) is 16.5. The van der Waals surface area contributed by atoms with E-state index in [1.165, 1.54) is 12.8 Å². The zero-order valence-electron chi connectivity index (χ0n) is 14.6. The summed E-state index contributed by atoms with van der Waals surface area (Å²) in [5.41, 5.74) is 6.99. The summed E-state index contributed by atoms with van der Waals surface area (Å²) < 4.78 is 18.0. The molecule has 0 radical (unpaired) electrons. The Kier molecular flexibility index (Phi) is 6.97. The lowest BCUT2D eigenvalue weighted by Crippen LogP contribution is -2.78. The second-order valence-electron chi connectivity index (χ2n) is 6.59. The molecular formula is C16H31NO4SSi. The largest absolute Gasteiger partial charge is 0.436 e. The highest BCUT2D eigenvalue weighted by Gasteiger charge is 2.68. The molecule has 0 bridgehead atoms. The predicted molar refractivity (Wildman–Crippen MR) is 95.4 cm³/mol. The highest BCUT2D eigenvalue weighted by molar-refractivity contribution is 7.98. The van der Waals surface area contributed by atoms with Crippen molar-refractivity contribution in [3.05, 3.63) is 0 Å². The zero-order chi connectivity index (χ0) is 16.9. The summed E-state index contributed by atoms with van der Waals surface area (Å²) in [6, 6.07) is 0. The van der Waals surface area contributed by atoms with Crippen LogP contribution in [0.2, 0.25) is 5.54 Å². The Bertz CT molecular complexity index is 406. The molecule has 0 aromatic rings. The number of thioether (sulfide) groups is 1. The van der Waals surface area contributed by atoms with Gasteiger partial charge in [0.2, 0.25) is 0 Å². The lowest BCUT2D eigenvalue weighted by molar-refractivity contribution is -0.181. The van der Waals surface area contributed by atoms with Gasteiger partial charge in [-0.05, 0) is 45.1 Å². The Hall–Kier alpha value is -0.0831. The number of ether oxygens (including phenoxy) is 1. The van der Waals surface area contributed by atoms with Crippen molar-refractivity contribution in [3.8, 4) is 0 Å². The molecule has 0 aromatic heterocycles. The van der Waals surface area contributed by atoms with Crippen LogP contribution in [0.1, 0.15) is 58.8 Å². The van der Waals surface area contributed by atoms with Gasteiger partial charge in [-0.15, -0.1) is 0 Å². The average Bonchev–Trinajstić information content (AvgIpc) is 2.80. The standard InChI is InChI=1S/C16H31NO4SSi/c1-4-19-23(14-9-7-5-6-8-10-14)16(17,11-12-22-3)15(18)20-13(2)21-23/h13-14H,4-12,17H2,1-3H3. The summed E-state index contributed by atoms with van der Waals surface area (Å²) >= 11 is 1.69. The highest BCUT2D eigenvalue weighted by atomic mass is 32.2. The number of rotatable bonds is 6. The van der Waals surface area contributed by atoms with Gasteiger partial charge in [0.15, 0.2) is 11.5 Å². The van der Waals surface area contributed by atoms with E-state index in [2.05, 4.69) is 0 Å². The van der Waals surface area contributed by atoms with Crippen LogP contribution in [0.5, 0.6) is 0 Å². The van der Waals surface area contributed by atoms with E-state index < -0.39 is 20.0 Å². The number of hydrogen-bond donors (Lipinski definition) is 1. The van der Waals surface area contributed by atoms with Gasteiger partial charge in [0.1, 0.15) is 0 Å². The van der Waals surface area contributed by atoms with Gasteiger partial charge >= 0.3 is 14.5 Å². The molecule has 1 aliphatic heterocycles. The Morgan fingerprint density at radius 1 is 1.35 bits per heavy atom. The average molecular weight is 362 g/mol. The Labute approximate surface area is 145 Å². The number of carbonyl (C=O) groups excluding carboxylic acids is 1. The Morgan fingerprint density at radius 2 is 2.00 bits per heavy atom. The second kappa shape index (κ2) is 8.34. The molecule has 1 heterocycles. The molecule has 0 aromatic carbocycles. The summed E-state index contributed by atoms with van der Waals surface area (Å²) in [7, 11) is -2.94.